The number of nitrogens with one attached hydrogen (secondary N) is 1. The van der Waals surface area contributed by atoms with Gasteiger partial charge in [-0.05, 0) is 57.9 Å². The number of carbonyl (C=O) groups excluding carboxylic acids is 1. The van der Waals surface area contributed by atoms with Crippen LogP contribution in [0.15, 0.2) is 0 Å². The summed E-state index contributed by atoms with van der Waals surface area (Å²) in [6.07, 6.45) is 5.25. The predicted octanol–water partition coefficient (Wildman–Crippen LogP) is 1.75. The first-order valence-electron chi connectivity index (χ1n) is 7.61. The molecule has 2 saturated carbocycles. The Labute approximate surface area is 132 Å². The molecule has 2 aliphatic rings. The molecule has 0 radical (unpaired) electrons. The van der Waals surface area contributed by atoms with Gasteiger partial charge in [-0.25, -0.2) is 0 Å². The summed E-state index contributed by atoms with van der Waals surface area (Å²) in [6, 6.07) is -0.440. The normalized spacial score (nSPS) is 29.8. The molecular weight excluding hydrogens is 292 g/mol. The van der Waals surface area contributed by atoms with Gasteiger partial charge in [0.05, 0.1) is 6.54 Å². The Morgan fingerprint density at radius 3 is 2.43 bits per heavy atom. The van der Waals surface area contributed by atoms with E-state index >= 15 is 0 Å². The Bertz CT molecular complexity index is 391. The number of carbonyl (C=O) groups is 2. The van der Waals surface area contributed by atoms with Crippen LogP contribution in [0.3, 0.4) is 0 Å². The Hall–Kier alpha value is -0.810. The molecule has 0 heterocycles. The zero-order chi connectivity index (χ0) is 14.9. The van der Waals surface area contributed by atoms with Gasteiger partial charge in [0.15, 0.2) is 0 Å². The molecule has 2 rings (SSSR count). The topological polar surface area (TPSA) is 69.6 Å². The van der Waals surface area contributed by atoms with Crippen molar-refractivity contribution in [3.05, 3.63) is 0 Å². The number of likely N-dealkylation sites (N-methyl/N-ethyl adjacent to an activating group) is 1. The third kappa shape index (κ3) is 4.33. The largest absolute Gasteiger partial charge is 0.480 e. The van der Waals surface area contributed by atoms with Crippen molar-refractivity contribution in [1.82, 2.24) is 10.2 Å². The van der Waals surface area contributed by atoms with Gasteiger partial charge in [-0.2, -0.15) is 0 Å². The third-order valence-corrected chi connectivity index (χ3v) is 5.24. The smallest absolute Gasteiger partial charge is 0.320 e. The maximum atomic E-state index is 12.0. The quantitative estimate of drug-likeness (QED) is 0.783. The first-order chi connectivity index (χ1) is 9.38. The van der Waals surface area contributed by atoms with Gasteiger partial charge in [0.2, 0.25) is 5.91 Å². The minimum atomic E-state index is -0.901. The predicted molar refractivity (Wildman–Crippen MR) is 83.5 cm³/mol. The van der Waals surface area contributed by atoms with E-state index in [0.29, 0.717) is 5.92 Å². The highest BCUT2D eigenvalue weighted by Gasteiger charge is 2.42. The van der Waals surface area contributed by atoms with Crippen molar-refractivity contribution in [3.8, 4) is 0 Å². The SMILES string of the molecule is CC(NC(=O)CN(C)C(C)C(=O)O)C1CC2CCC1C2.Cl. The van der Waals surface area contributed by atoms with Crippen LogP contribution in [0.4, 0.5) is 0 Å². The molecule has 21 heavy (non-hydrogen) atoms. The maximum Gasteiger partial charge on any atom is 0.320 e. The van der Waals surface area contributed by atoms with E-state index in [4.69, 9.17) is 5.11 Å². The zero-order valence-electron chi connectivity index (χ0n) is 13.0. The van der Waals surface area contributed by atoms with E-state index in [1.165, 1.54) is 25.7 Å². The number of carboxylic acids is 1. The monoisotopic (exact) mass is 318 g/mol. The molecule has 5 nitrogen and oxygen atoms in total. The molecule has 0 saturated heterocycles. The molecule has 5 atom stereocenters. The molecule has 2 bridgehead atoms. The molecule has 2 aliphatic carbocycles. The van der Waals surface area contributed by atoms with Gasteiger partial charge in [-0.1, -0.05) is 6.42 Å². The molecule has 0 aliphatic heterocycles. The number of hydrogen-bond acceptors (Lipinski definition) is 3. The van der Waals surface area contributed by atoms with Crippen LogP contribution in [-0.2, 0) is 9.59 Å². The average Bonchev–Trinajstić information content (AvgIpc) is 2.99. The Morgan fingerprint density at radius 1 is 1.29 bits per heavy atom. The number of carboxylic acid groups (broad SMARTS) is 1. The van der Waals surface area contributed by atoms with Crippen LogP contribution < -0.4 is 5.32 Å². The van der Waals surface area contributed by atoms with Crippen LogP contribution in [0.5, 0.6) is 0 Å². The summed E-state index contributed by atoms with van der Waals surface area (Å²) in [7, 11) is 1.67. The van der Waals surface area contributed by atoms with Crippen molar-refractivity contribution in [2.45, 2.75) is 51.6 Å². The summed E-state index contributed by atoms with van der Waals surface area (Å²) < 4.78 is 0. The summed E-state index contributed by atoms with van der Waals surface area (Å²) in [5, 5.41) is 12.0. The van der Waals surface area contributed by atoms with E-state index in [9.17, 15) is 9.59 Å². The fourth-order valence-electron chi connectivity index (χ4n) is 3.86. The van der Waals surface area contributed by atoms with Crippen LogP contribution in [0.1, 0.15) is 39.5 Å². The third-order valence-electron chi connectivity index (χ3n) is 5.24. The van der Waals surface area contributed by atoms with Gasteiger partial charge >= 0.3 is 5.97 Å². The van der Waals surface area contributed by atoms with Crippen molar-refractivity contribution >= 4 is 24.3 Å². The van der Waals surface area contributed by atoms with E-state index in [-0.39, 0.29) is 30.9 Å². The van der Waals surface area contributed by atoms with Gasteiger partial charge in [0.25, 0.3) is 0 Å². The molecule has 0 aromatic carbocycles. The molecule has 2 N–H and O–H groups in total. The van der Waals surface area contributed by atoms with E-state index in [2.05, 4.69) is 12.2 Å². The number of nitrogens with zero attached hydrogens (tertiary/aromatic N) is 1. The first-order valence-corrected chi connectivity index (χ1v) is 7.61. The number of amides is 1. The molecule has 5 unspecified atom stereocenters. The molecule has 122 valence electrons. The van der Waals surface area contributed by atoms with E-state index < -0.39 is 12.0 Å². The van der Waals surface area contributed by atoms with Crippen molar-refractivity contribution < 1.29 is 14.7 Å². The van der Waals surface area contributed by atoms with Crippen LogP contribution in [0, 0.1) is 17.8 Å². The molecule has 0 aromatic rings. The second-order valence-electron chi connectivity index (χ2n) is 6.62. The summed E-state index contributed by atoms with van der Waals surface area (Å²) in [5.41, 5.74) is 0. The van der Waals surface area contributed by atoms with Crippen molar-refractivity contribution in [2.75, 3.05) is 13.6 Å². The van der Waals surface area contributed by atoms with Crippen LogP contribution >= 0.6 is 12.4 Å². The second kappa shape index (κ2) is 7.45. The standard InChI is InChI=1S/C15H26N2O3.ClH/c1-9(13-7-11-4-5-12(13)6-11)16-14(18)8-17(3)10(2)15(19)20;/h9-13H,4-8H2,1-3H3,(H,16,18)(H,19,20);1H. The number of aliphatic carboxylic acids is 1. The summed E-state index contributed by atoms with van der Waals surface area (Å²) in [5.74, 6) is 1.29. The second-order valence-corrected chi connectivity index (χ2v) is 6.62. The zero-order valence-corrected chi connectivity index (χ0v) is 13.9. The van der Waals surface area contributed by atoms with Crippen molar-refractivity contribution in [2.24, 2.45) is 17.8 Å². The maximum absolute atomic E-state index is 12.0. The molecule has 2 fully saturated rings. The Balaban J connectivity index is 0.00000220. The van der Waals surface area contributed by atoms with Crippen LogP contribution in [0.25, 0.3) is 0 Å². The molecular formula is C15H27ClN2O3. The van der Waals surface area contributed by atoms with Crippen LogP contribution in [-0.4, -0.2) is 47.6 Å². The van der Waals surface area contributed by atoms with Gasteiger partial charge in [0, 0.05) is 6.04 Å². The number of hydrogen-bond donors (Lipinski definition) is 2. The average molecular weight is 319 g/mol. The van der Waals surface area contributed by atoms with Gasteiger partial charge in [0.1, 0.15) is 6.04 Å². The van der Waals surface area contributed by atoms with Gasteiger partial charge in [-0.15, -0.1) is 12.4 Å². The highest BCUT2D eigenvalue weighted by molar-refractivity contribution is 5.85. The highest BCUT2D eigenvalue weighted by Crippen LogP contribution is 2.49. The molecule has 6 heteroatoms. The first kappa shape index (κ1) is 18.2. The van der Waals surface area contributed by atoms with Gasteiger partial charge in [-0.3, -0.25) is 14.5 Å². The highest BCUT2D eigenvalue weighted by atomic mass is 35.5. The lowest BCUT2D eigenvalue weighted by Gasteiger charge is -2.29. The molecule has 1 amide bonds. The molecule has 0 spiro atoms. The summed E-state index contributed by atoms with van der Waals surface area (Å²) >= 11 is 0. The van der Waals surface area contributed by atoms with E-state index in [1.807, 2.05) is 0 Å². The lowest BCUT2D eigenvalue weighted by atomic mass is 9.84. The number of fused-ring (bicyclic) bond motifs is 2. The van der Waals surface area contributed by atoms with Crippen LogP contribution in [0.2, 0.25) is 0 Å². The van der Waals surface area contributed by atoms with Crippen molar-refractivity contribution in [3.63, 3.8) is 0 Å². The fourth-order valence-corrected chi connectivity index (χ4v) is 3.86. The minimum absolute atomic E-state index is 0. The Kier molecular flexibility index (Phi) is 6.47. The van der Waals surface area contributed by atoms with Crippen molar-refractivity contribution in [1.29, 1.82) is 0 Å². The summed E-state index contributed by atoms with van der Waals surface area (Å²) in [4.78, 5) is 24.4. The lowest BCUT2D eigenvalue weighted by molar-refractivity contribution is -0.142. The Morgan fingerprint density at radius 2 is 1.95 bits per heavy atom. The minimum Gasteiger partial charge on any atom is -0.480 e. The molecule has 0 aromatic heterocycles. The fraction of sp³-hybridized carbons (Fsp3) is 0.867. The number of halogens is 1. The van der Waals surface area contributed by atoms with Gasteiger partial charge < -0.3 is 10.4 Å². The van der Waals surface area contributed by atoms with E-state index in [0.717, 1.165) is 11.8 Å². The summed E-state index contributed by atoms with van der Waals surface area (Å²) in [6.45, 7) is 3.82. The lowest BCUT2D eigenvalue weighted by Crippen LogP contribution is -2.47. The van der Waals surface area contributed by atoms with E-state index in [1.54, 1.807) is 18.9 Å². The number of rotatable bonds is 6.